The van der Waals surface area contributed by atoms with Crippen LogP contribution in [0.15, 0.2) is 239 Å². The van der Waals surface area contributed by atoms with Crippen molar-refractivity contribution in [2.45, 2.75) is 19.0 Å². The normalized spacial score (nSPS) is 15.0. The Morgan fingerprint density at radius 1 is 0.493 bits per heavy atom. The van der Waals surface area contributed by atoms with E-state index in [-0.39, 0.29) is 0 Å². The molecule has 0 fully saturated rings. The third kappa shape index (κ3) is 6.26. The molecule has 12 aromatic rings. The highest BCUT2D eigenvalue weighted by molar-refractivity contribution is 6.23. The second kappa shape index (κ2) is 15.8. The molecule has 0 amide bonds. The van der Waals surface area contributed by atoms with Gasteiger partial charge in [-0.2, -0.15) is 0 Å². The molecule has 0 spiro atoms. The van der Waals surface area contributed by atoms with Crippen LogP contribution in [-0.2, 0) is 0 Å². The summed E-state index contributed by atoms with van der Waals surface area (Å²) in [6, 6.07) is 73.7. The van der Waals surface area contributed by atoms with Crippen molar-refractivity contribution in [2.24, 2.45) is 9.98 Å². The van der Waals surface area contributed by atoms with Crippen molar-refractivity contribution in [3.8, 4) is 27.9 Å². The van der Waals surface area contributed by atoms with Crippen molar-refractivity contribution in [1.82, 2.24) is 14.5 Å². The number of aliphatic imine (C=N–C) groups is 2. The molecule has 3 aromatic heterocycles. The summed E-state index contributed by atoms with van der Waals surface area (Å²) in [6.07, 6.45) is 8.25. The van der Waals surface area contributed by atoms with Gasteiger partial charge in [-0.3, -0.25) is 0 Å². The lowest BCUT2D eigenvalue weighted by atomic mass is 9.95. The zero-order chi connectivity index (χ0) is 45.4. The fourth-order valence-corrected chi connectivity index (χ4v) is 11.0. The zero-order valence-electron chi connectivity index (χ0n) is 37.6. The number of furan rings is 1. The van der Waals surface area contributed by atoms with Crippen molar-refractivity contribution in [1.29, 1.82) is 0 Å². The Balaban J connectivity index is 1.01. The molecular formula is C63H43N5O. The molecule has 9 aromatic carbocycles. The van der Waals surface area contributed by atoms with E-state index in [0.717, 1.165) is 79.3 Å². The molecule has 0 saturated heterocycles. The zero-order valence-corrected chi connectivity index (χ0v) is 37.6. The molecule has 1 aliphatic carbocycles. The van der Waals surface area contributed by atoms with Crippen molar-refractivity contribution in [2.75, 3.05) is 0 Å². The predicted octanol–water partition coefficient (Wildman–Crippen LogP) is 15.8. The van der Waals surface area contributed by atoms with E-state index in [9.17, 15) is 0 Å². The molecule has 1 atom stereocenters. The fourth-order valence-electron chi connectivity index (χ4n) is 11.0. The number of amidine groups is 2. The summed E-state index contributed by atoms with van der Waals surface area (Å²) < 4.78 is 11.6. The van der Waals surface area contributed by atoms with Gasteiger partial charge in [0.1, 0.15) is 23.2 Å². The minimum atomic E-state index is -0.518. The summed E-state index contributed by atoms with van der Waals surface area (Å²) in [5.41, 5.74) is 16.2. The molecule has 69 heavy (non-hydrogen) atoms. The van der Waals surface area contributed by atoms with Gasteiger partial charge in [-0.25, -0.2) is 9.98 Å². The van der Waals surface area contributed by atoms with Gasteiger partial charge >= 0.3 is 0 Å². The number of nitrogens with zero attached hydrogens (tertiary/aromatic N) is 4. The third-order valence-corrected chi connectivity index (χ3v) is 14.1. The average molecular weight is 886 g/mol. The number of allylic oxidation sites excluding steroid dienone is 4. The number of aromatic nitrogens is 2. The minimum Gasteiger partial charge on any atom is -0.455 e. The van der Waals surface area contributed by atoms with Crippen molar-refractivity contribution in [3.05, 3.63) is 241 Å². The molecule has 14 rings (SSSR count). The second-order valence-electron chi connectivity index (χ2n) is 18.0. The van der Waals surface area contributed by atoms with Crippen LogP contribution in [0, 0.1) is 0 Å². The molecule has 0 saturated carbocycles. The van der Waals surface area contributed by atoms with E-state index < -0.39 is 6.17 Å². The lowest BCUT2D eigenvalue weighted by Gasteiger charge is -2.26. The molecule has 0 radical (unpaired) electrons. The van der Waals surface area contributed by atoms with Crippen LogP contribution in [0.2, 0.25) is 0 Å². The maximum Gasteiger partial charge on any atom is 0.159 e. The number of rotatable bonds is 7. The highest BCUT2D eigenvalue weighted by Crippen LogP contribution is 2.45. The van der Waals surface area contributed by atoms with Crippen LogP contribution in [0.3, 0.4) is 0 Å². The Morgan fingerprint density at radius 2 is 1.09 bits per heavy atom. The summed E-state index contributed by atoms with van der Waals surface area (Å²) in [5.74, 6) is 1.35. The maximum atomic E-state index is 6.62. The van der Waals surface area contributed by atoms with E-state index in [1.807, 2.05) is 30.3 Å². The first-order chi connectivity index (χ1) is 34.2. The van der Waals surface area contributed by atoms with E-state index in [1.165, 1.54) is 49.4 Å². The Labute approximate surface area is 398 Å². The Morgan fingerprint density at radius 3 is 1.81 bits per heavy atom. The molecule has 4 heterocycles. The second-order valence-corrected chi connectivity index (χ2v) is 18.0. The highest BCUT2D eigenvalue weighted by atomic mass is 16.3. The van der Waals surface area contributed by atoms with Crippen LogP contribution in [0.4, 0.5) is 0 Å². The van der Waals surface area contributed by atoms with Crippen LogP contribution in [0.1, 0.15) is 35.7 Å². The van der Waals surface area contributed by atoms with E-state index in [1.54, 1.807) is 0 Å². The topological polar surface area (TPSA) is 59.8 Å². The van der Waals surface area contributed by atoms with Gasteiger partial charge in [0.15, 0.2) is 5.84 Å². The van der Waals surface area contributed by atoms with Crippen molar-refractivity contribution in [3.63, 3.8) is 0 Å². The highest BCUT2D eigenvalue weighted by Gasteiger charge is 2.28. The number of fused-ring (bicyclic) bond motifs is 9. The number of hydrogen-bond donors (Lipinski definition) is 1. The van der Waals surface area contributed by atoms with Gasteiger partial charge in [0.25, 0.3) is 0 Å². The standard InChI is InChI=1S/C63H43N5O/c1-4-19-40(20-5-1)42-37-38-50(62-64-61(41-21-6-2-7-22-41)65-63(66-62)51-31-16-30-47-44-25-12-15-36-57(44)69-60(47)51)56(39-42)68-53-33-14-11-27-49(53)59-46(29-18-35-55(59)68)45-28-17-34-54-58(45)48-26-10-13-32-52(48)67(54)43-23-8-3-9-24-43/h1-8,10-23,25-39,62H,9,24H2,(H,64,65,66). The van der Waals surface area contributed by atoms with Gasteiger partial charge in [0, 0.05) is 49.1 Å². The van der Waals surface area contributed by atoms with Gasteiger partial charge in [-0.05, 0) is 83.6 Å². The molecule has 0 bridgehead atoms. The van der Waals surface area contributed by atoms with Crippen LogP contribution >= 0.6 is 0 Å². The van der Waals surface area contributed by atoms with Gasteiger partial charge in [-0.15, -0.1) is 0 Å². The quantitative estimate of drug-likeness (QED) is 0.173. The molecule has 6 nitrogen and oxygen atoms in total. The Bertz CT molecular complexity index is 4160. The predicted molar refractivity (Wildman–Crippen MR) is 286 cm³/mol. The molecule has 1 aliphatic heterocycles. The van der Waals surface area contributed by atoms with E-state index in [2.05, 4.69) is 209 Å². The van der Waals surface area contributed by atoms with E-state index in [4.69, 9.17) is 14.4 Å². The first-order valence-corrected chi connectivity index (χ1v) is 23.7. The van der Waals surface area contributed by atoms with Crippen molar-refractivity contribution < 1.29 is 4.42 Å². The molecule has 1 N–H and O–H groups in total. The summed E-state index contributed by atoms with van der Waals surface area (Å²) in [7, 11) is 0. The molecule has 2 aliphatic rings. The number of benzene rings is 9. The monoisotopic (exact) mass is 885 g/mol. The Hall–Kier alpha value is -9.00. The van der Waals surface area contributed by atoms with Gasteiger partial charge in [-0.1, -0.05) is 176 Å². The summed E-state index contributed by atoms with van der Waals surface area (Å²) in [6.45, 7) is 0. The van der Waals surface area contributed by atoms with E-state index in [0.29, 0.717) is 11.7 Å². The number of hydrogen-bond acceptors (Lipinski definition) is 4. The van der Waals surface area contributed by atoms with E-state index >= 15 is 0 Å². The average Bonchev–Trinajstić information content (AvgIpc) is 4.09. The van der Waals surface area contributed by atoms with Crippen LogP contribution in [0.5, 0.6) is 0 Å². The Kier molecular flexibility index (Phi) is 8.99. The van der Waals surface area contributed by atoms with Gasteiger partial charge in [0.2, 0.25) is 0 Å². The number of nitrogens with one attached hydrogen (secondary N) is 1. The lowest BCUT2D eigenvalue weighted by Crippen LogP contribution is -2.34. The smallest absolute Gasteiger partial charge is 0.159 e. The number of para-hydroxylation sites is 4. The SMILES string of the molecule is C1=CCCC(n2c3ccccc3c3c(-c4cccc5c4c4ccccc4n5-c4cc(-c5ccccc5)ccc4C4N=C(c5ccccc5)N=C(c5cccc6c5oc5ccccc56)N4)cccc32)=C1. The van der Waals surface area contributed by atoms with Crippen LogP contribution in [0.25, 0.3) is 99.2 Å². The first-order valence-electron chi connectivity index (χ1n) is 23.7. The lowest BCUT2D eigenvalue weighted by molar-refractivity contribution is 0.658. The van der Waals surface area contributed by atoms with Gasteiger partial charge < -0.3 is 18.9 Å². The minimum absolute atomic E-state index is 0.518. The summed E-state index contributed by atoms with van der Waals surface area (Å²) in [5, 5.41) is 10.9. The summed E-state index contributed by atoms with van der Waals surface area (Å²) >= 11 is 0. The van der Waals surface area contributed by atoms with Crippen LogP contribution < -0.4 is 5.32 Å². The van der Waals surface area contributed by atoms with Crippen LogP contribution in [-0.4, -0.2) is 20.8 Å². The first kappa shape index (κ1) is 39.2. The largest absolute Gasteiger partial charge is 0.455 e. The molecule has 6 heteroatoms. The van der Waals surface area contributed by atoms with Crippen molar-refractivity contribution >= 4 is 82.9 Å². The van der Waals surface area contributed by atoms with Gasteiger partial charge in [0.05, 0.1) is 33.3 Å². The molecule has 1 unspecified atom stereocenters. The molecular weight excluding hydrogens is 843 g/mol. The maximum absolute atomic E-state index is 6.62. The summed E-state index contributed by atoms with van der Waals surface area (Å²) in [4.78, 5) is 10.8. The third-order valence-electron chi connectivity index (χ3n) is 14.1. The fraction of sp³-hybridized carbons (Fsp3) is 0.0476. The molecule has 326 valence electrons.